The van der Waals surface area contributed by atoms with Crippen LogP contribution in [0.15, 0.2) is 84.9 Å². The lowest BCUT2D eigenvalue weighted by atomic mass is 9.96. The molecule has 0 bridgehead atoms. The first-order chi connectivity index (χ1) is 20.0. The summed E-state index contributed by atoms with van der Waals surface area (Å²) in [6.07, 6.45) is 1.11. The van der Waals surface area contributed by atoms with Crippen LogP contribution in [0.5, 0.6) is 5.75 Å². The second-order valence-electron chi connectivity index (χ2n) is 10.7. The van der Waals surface area contributed by atoms with Gasteiger partial charge in [-0.1, -0.05) is 72.8 Å². The lowest BCUT2D eigenvalue weighted by Gasteiger charge is -2.40. The molecule has 1 amide bonds. The van der Waals surface area contributed by atoms with Crippen molar-refractivity contribution >= 4 is 22.6 Å². The molecule has 0 radical (unpaired) electrons. The van der Waals surface area contributed by atoms with Gasteiger partial charge in [-0.05, 0) is 42.7 Å². The predicted molar refractivity (Wildman–Crippen MR) is 166 cm³/mol. The lowest BCUT2D eigenvalue weighted by Crippen LogP contribution is -2.50. The second kappa shape index (κ2) is 13.7. The molecule has 3 aromatic carbocycles. The number of hydrogen-bond donors (Lipinski definition) is 0. The topological polar surface area (TPSA) is 61.8 Å². The van der Waals surface area contributed by atoms with E-state index in [-0.39, 0.29) is 18.0 Å². The van der Waals surface area contributed by atoms with Gasteiger partial charge >= 0.3 is 0 Å². The summed E-state index contributed by atoms with van der Waals surface area (Å²) in [7, 11) is 1.67. The Balaban J connectivity index is 1.17. The highest BCUT2D eigenvalue weighted by molar-refractivity contribution is 7.09. The van der Waals surface area contributed by atoms with E-state index in [1.165, 1.54) is 22.7 Å². The maximum absolute atomic E-state index is 13.3. The number of nitrogens with zero attached hydrogens (tertiary/aromatic N) is 5. The van der Waals surface area contributed by atoms with Crippen molar-refractivity contribution in [2.75, 3.05) is 44.7 Å². The van der Waals surface area contributed by atoms with Gasteiger partial charge < -0.3 is 14.5 Å². The van der Waals surface area contributed by atoms with Gasteiger partial charge in [0.25, 0.3) is 0 Å². The largest absolute Gasteiger partial charge is 0.497 e. The Kier molecular flexibility index (Phi) is 9.64. The van der Waals surface area contributed by atoms with Crippen molar-refractivity contribution in [2.24, 2.45) is 0 Å². The third-order valence-electron chi connectivity index (χ3n) is 7.65. The van der Waals surface area contributed by atoms with Gasteiger partial charge in [-0.25, -0.2) is 4.98 Å². The molecule has 0 spiro atoms. The third-order valence-corrected chi connectivity index (χ3v) is 8.44. The Morgan fingerprint density at radius 1 is 0.927 bits per heavy atom. The Morgan fingerprint density at radius 2 is 1.59 bits per heavy atom. The first-order valence-corrected chi connectivity index (χ1v) is 15.1. The zero-order valence-electron chi connectivity index (χ0n) is 24.1. The van der Waals surface area contributed by atoms with Gasteiger partial charge in [-0.3, -0.25) is 9.69 Å². The van der Waals surface area contributed by atoms with Crippen LogP contribution in [0, 0.1) is 0 Å². The molecule has 0 N–H and O–H groups in total. The highest BCUT2D eigenvalue weighted by atomic mass is 32.1. The van der Waals surface area contributed by atoms with E-state index in [1.54, 1.807) is 7.11 Å². The number of hydrogen-bond acceptors (Lipinski definition) is 7. The number of benzene rings is 3. The summed E-state index contributed by atoms with van der Waals surface area (Å²) in [6.45, 7) is 8.07. The minimum atomic E-state index is 0.189. The zero-order chi connectivity index (χ0) is 28.6. The molecule has 2 heterocycles. The number of piperazine rings is 1. The van der Waals surface area contributed by atoms with Crippen molar-refractivity contribution < 1.29 is 9.53 Å². The number of anilines is 1. The van der Waals surface area contributed by atoms with Crippen LogP contribution >= 0.6 is 11.5 Å². The number of carbonyl (C=O) groups is 1. The van der Waals surface area contributed by atoms with Gasteiger partial charge in [-0.2, -0.15) is 4.37 Å². The molecular formula is C33H39N5O2S. The Morgan fingerprint density at radius 3 is 2.20 bits per heavy atom. The molecule has 1 aliphatic rings. The Labute approximate surface area is 247 Å². The molecular weight excluding hydrogens is 530 g/mol. The summed E-state index contributed by atoms with van der Waals surface area (Å²) in [5.74, 6) is 1.82. The van der Waals surface area contributed by atoms with E-state index in [9.17, 15) is 4.79 Å². The fourth-order valence-electron chi connectivity index (χ4n) is 5.46. The molecule has 0 saturated carbocycles. The molecule has 7 nitrogen and oxygen atoms in total. The number of methoxy groups -OCH3 is 1. The van der Waals surface area contributed by atoms with Crippen LogP contribution in [0.2, 0.25) is 0 Å². The summed E-state index contributed by atoms with van der Waals surface area (Å²) < 4.78 is 9.95. The summed E-state index contributed by atoms with van der Waals surface area (Å²) in [5, 5.41) is 0.865. The van der Waals surface area contributed by atoms with E-state index in [0.717, 1.165) is 48.4 Å². The maximum atomic E-state index is 13.3. The summed E-state index contributed by atoms with van der Waals surface area (Å²) in [5.41, 5.74) is 3.68. The van der Waals surface area contributed by atoms with Crippen molar-refractivity contribution in [1.82, 2.24) is 19.2 Å². The molecule has 1 aliphatic heterocycles. The van der Waals surface area contributed by atoms with E-state index in [2.05, 4.69) is 94.8 Å². The third kappa shape index (κ3) is 7.31. The first kappa shape index (κ1) is 28.8. The SMILES string of the molecule is COc1cccc(Cc2nsc(N(CCC(=O)N3CCN(C(c4ccccc4)c4ccccc4)CC3)C(C)C)n2)c1. The molecule has 0 aliphatic carbocycles. The van der Waals surface area contributed by atoms with Gasteiger partial charge in [0, 0.05) is 63.1 Å². The number of ether oxygens (including phenoxy) is 1. The smallest absolute Gasteiger partial charge is 0.224 e. The van der Waals surface area contributed by atoms with Crippen LogP contribution in [0.1, 0.15) is 48.8 Å². The van der Waals surface area contributed by atoms with Crippen molar-refractivity contribution in [2.45, 2.75) is 38.8 Å². The maximum Gasteiger partial charge on any atom is 0.224 e. The molecule has 1 fully saturated rings. The molecule has 1 saturated heterocycles. The van der Waals surface area contributed by atoms with E-state index in [0.29, 0.717) is 19.4 Å². The standard InChI is InChI=1S/C33H39N5O2S/c1-25(2)38(33-34-30(35-41-33)24-26-11-10-16-29(23-26)40-3)18-17-31(39)36-19-21-37(22-20-36)32(27-12-6-4-7-13-27)28-14-8-5-9-15-28/h4-16,23,25,32H,17-22,24H2,1-3H3. The van der Waals surface area contributed by atoms with E-state index in [4.69, 9.17) is 9.72 Å². The molecule has 41 heavy (non-hydrogen) atoms. The van der Waals surface area contributed by atoms with Crippen LogP contribution in [-0.2, 0) is 11.2 Å². The lowest BCUT2D eigenvalue weighted by molar-refractivity contribution is -0.133. The molecule has 214 valence electrons. The van der Waals surface area contributed by atoms with Crippen molar-refractivity contribution in [3.05, 3.63) is 107 Å². The van der Waals surface area contributed by atoms with Gasteiger partial charge in [0.05, 0.1) is 13.2 Å². The second-order valence-corrected chi connectivity index (χ2v) is 11.4. The average Bonchev–Trinajstić information content (AvgIpc) is 3.46. The number of amides is 1. The minimum Gasteiger partial charge on any atom is -0.497 e. The highest BCUT2D eigenvalue weighted by Gasteiger charge is 2.28. The summed E-state index contributed by atoms with van der Waals surface area (Å²) in [4.78, 5) is 24.9. The number of carbonyl (C=O) groups excluding carboxylic acids is 1. The van der Waals surface area contributed by atoms with Gasteiger partial charge in [-0.15, -0.1) is 0 Å². The van der Waals surface area contributed by atoms with Gasteiger partial charge in [0.2, 0.25) is 11.0 Å². The highest BCUT2D eigenvalue weighted by Crippen LogP contribution is 2.30. The minimum absolute atomic E-state index is 0.189. The molecule has 8 heteroatoms. The normalized spacial score (nSPS) is 14.0. The number of aromatic nitrogens is 2. The van der Waals surface area contributed by atoms with Crippen LogP contribution in [0.4, 0.5) is 5.13 Å². The average molecular weight is 570 g/mol. The Hall–Kier alpha value is -3.75. The zero-order valence-corrected chi connectivity index (χ0v) is 25.0. The quantitative estimate of drug-likeness (QED) is 0.232. The fourth-order valence-corrected chi connectivity index (χ4v) is 6.31. The van der Waals surface area contributed by atoms with Crippen molar-refractivity contribution in [3.8, 4) is 5.75 Å². The summed E-state index contributed by atoms with van der Waals surface area (Å²) in [6, 6.07) is 29.7. The van der Waals surface area contributed by atoms with Crippen molar-refractivity contribution in [1.29, 1.82) is 0 Å². The molecule has 1 aromatic heterocycles. The molecule has 0 unspecified atom stereocenters. The number of rotatable bonds is 11. The van der Waals surface area contributed by atoms with Gasteiger partial charge in [0.1, 0.15) is 11.6 Å². The predicted octanol–water partition coefficient (Wildman–Crippen LogP) is 5.68. The van der Waals surface area contributed by atoms with Crippen LogP contribution in [-0.4, -0.2) is 70.9 Å². The van der Waals surface area contributed by atoms with E-state index < -0.39 is 0 Å². The van der Waals surface area contributed by atoms with Crippen LogP contribution in [0.25, 0.3) is 0 Å². The van der Waals surface area contributed by atoms with Gasteiger partial charge in [0.15, 0.2) is 0 Å². The first-order valence-electron chi connectivity index (χ1n) is 14.4. The molecule has 0 atom stereocenters. The van der Waals surface area contributed by atoms with E-state index >= 15 is 0 Å². The van der Waals surface area contributed by atoms with Crippen LogP contribution < -0.4 is 9.64 Å². The molecule has 4 aromatic rings. The van der Waals surface area contributed by atoms with Crippen molar-refractivity contribution in [3.63, 3.8) is 0 Å². The molecule has 5 rings (SSSR count). The fraction of sp³-hybridized carbons (Fsp3) is 0.364. The summed E-state index contributed by atoms with van der Waals surface area (Å²) >= 11 is 1.40. The van der Waals surface area contributed by atoms with Crippen LogP contribution in [0.3, 0.4) is 0 Å². The Bertz CT molecular complexity index is 1350. The van der Waals surface area contributed by atoms with E-state index in [1.807, 2.05) is 23.1 Å². The monoisotopic (exact) mass is 569 g/mol.